The predicted molar refractivity (Wildman–Crippen MR) is 102 cm³/mol. The molecular weight excluding hydrogens is 326 g/mol. The Labute approximate surface area is 154 Å². The van der Waals surface area contributed by atoms with Gasteiger partial charge in [0.1, 0.15) is 0 Å². The van der Waals surface area contributed by atoms with Crippen molar-refractivity contribution < 1.29 is 4.79 Å². The molecular formula is C20H27N5O. The van der Waals surface area contributed by atoms with Gasteiger partial charge in [0.05, 0.1) is 18.4 Å². The largest absolute Gasteiger partial charge is 0.339 e. The highest BCUT2D eigenvalue weighted by atomic mass is 16.2. The fourth-order valence-corrected chi connectivity index (χ4v) is 3.91. The smallest absolute Gasteiger partial charge is 0.236 e. The van der Waals surface area contributed by atoms with Crippen LogP contribution in [-0.4, -0.2) is 76.6 Å². The van der Waals surface area contributed by atoms with Gasteiger partial charge >= 0.3 is 0 Å². The first kappa shape index (κ1) is 17.2. The SMILES string of the molecule is O=C(CN1CCCC1)N1CCN(Cc2cn[nH]c2-c2ccccc2)CC1. The number of aromatic nitrogens is 2. The topological polar surface area (TPSA) is 55.5 Å². The summed E-state index contributed by atoms with van der Waals surface area (Å²) in [5, 5.41) is 7.38. The molecule has 1 aromatic carbocycles. The Balaban J connectivity index is 1.31. The van der Waals surface area contributed by atoms with Gasteiger partial charge in [0.2, 0.25) is 5.91 Å². The molecule has 1 aromatic heterocycles. The minimum absolute atomic E-state index is 0.292. The summed E-state index contributed by atoms with van der Waals surface area (Å²) in [5.41, 5.74) is 3.48. The van der Waals surface area contributed by atoms with Crippen LogP contribution in [0.3, 0.4) is 0 Å². The molecule has 0 aliphatic carbocycles. The molecule has 0 bridgehead atoms. The molecule has 1 N–H and O–H groups in total. The quantitative estimate of drug-likeness (QED) is 0.891. The molecule has 0 unspecified atom stereocenters. The lowest BCUT2D eigenvalue weighted by Crippen LogP contribution is -2.50. The van der Waals surface area contributed by atoms with E-state index in [1.54, 1.807) is 0 Å². The van der Waals surface area contributed by atoms with E-state index in [0.29, 0.717) is 12.5 Å². The van der Waals surface area contributed by atoms with Crippen LogP contribution in [0.4, 0.5) is 0 Å². The number of nitrogens with one attached hydrogen (secondary N) is 1. The first-order valence-electron chi connectivity index (χ1n) is 9.60. The second-order valence-corrected chi connectivity index (χ2v) is 7.28. The molecule has 2 saturated heterocycles. The molecule has 0 saturated carbocycles. The van der Waals surface area contributed by atoms with Crippen molar-refractivity contribution in [2.45, 2.75) is 19.4 Å². The average Bonchev–Trinajstić information content (AvgIpc) is 3.35. The molecule has 2 aliphatic heterocycles. The van der Waals surface area contributed by atoms with Gasteiger partial charge in [0, 0.05) is 38.3 Å². The summed E-state index contributed by atoms with van der Waals surface area (Å²) in [7, 11) is 0. The Morgan fingerprint density at radius 1 is 0.962 bits per heavy atom. The fourth-order valence-electron chi connectivity index (χ4n) is 3.91. The van der Waals surface area contributed by atoms with Crippen LogP contribution >= 0.6 is 0 Å². The monoisotopic (exact) mass is 353 g/mol. The average molecular weight is 353 g/mol. The summed E-state index contributed by atoms with van der Waals surface area (Å²) in [4.78, 5) is 19.2. The predicted octanol–water partition coefficient (Wildman–Crippen LogP) is 1.82. The van der Waals surface area contributed by atoms with Crippen molar-refractivity contribution in [2.24, 2.45) is 0 Å². The molecule has 0 spiro atoms. The number of amides is 1. The van der Waals surface area contributed by atoms with Gasteiger partial charge in [-0.25, -0.2) is 0 Å². The van der Waals surface area contributed by atoms with Gasteiger partial charge in [0.15, 0.2) is 0 Å². The maximum Gasteiger partial charge on any atom is 0.236 e. The fraction of sp³-hybridized carbons (Fsp3) is 0.500. The minimum Gasteiger partial charge on any atom is -0.339 e. The van der Waals surface area contributed by atoms with Crippen LogP contribution in [0.15, 0.2) is 36.5 Å². The molecule has 1 amide bonds. The molecule has 0 radical (unpaired) electrons. The zero-order chi connectivity index (χ0) is 17.8. The van der Waals surface area contributed by atoms with Crippen molar-refractivity contribution in [3.63, 3.8) is 0 Å². The molecule has 138 valence electrons. The van der Waals surface area contributed by atoms with Crippen molar-refractivity contribution in [2.75, 3.05) is 45.8 Å². The van der Waals surface area contributed by atoms with Gasteiger partial charge in [0.25, 0.3) is 0 Å². The molecule has 2 fully saturated rings. The molecule has 6 heteroatoms. The number of nitrogens with zero attached hydrogens (tertiary/aromatic N) is 4. The van der Waals surface area contributed by atoms with E-state index >= 15 is 0 Å². The summed E-state index contributed by atoms with van der Waals surface area (Å²) in [5.74, 6) is 0.292. The second-order valence-electron chi connectivity index (χ2n) is 7.28. The molecule has 26 heavy (non-hydrogen) atoms. The van der Waals surface area contributed by atoms with Crippen LogP contribution in [0.5, 0.6) is 0 Å². The van der Waals surface area contributed by atoms with E-state index in [2.05, 4.69) is 32.1 Å². The van der Waals surface area contributed by atoms with Gasteiger partial charge in [-0.3, -0.25) is 19.7 Å². The standard InChI is InChI=1S/C20H27N5O/c26-19(16-23-8-4-5-9-23)25-12-10-24(11-13-25)15-18-14-21-22-20(18)17-6-2-1-3-7-17/h1-3,6-7,14H,4-5,8-13,15-16H2,(H,21,22). The summed E-state index contributed by atoms with van der Waals surface area (Å²) < 4.78 is 0. The Bertz CT molecular complexity index is 715. The highest BCUT2D eigenvalue weighted by Gasteiger charge is 2.24. The van der Waals surface area contributed by atoms with Gasteiger partial charge < -0.3 is 4.90 Å². The summed E-state index contributed by atoms with van der Waals surface area (Å²) in [6.45, 7) is 7.12. The number of carbonyl (C=O) groups excluding carboxylic acids is 1. The van der Waals surface area contributed by atoms with E-state index in [-0.39, 0.29) is 0 Å². The van der Waals surface area contributed by atoms with E-state index in [1.165, 1.54) is 24.0 Å². The third-order valence-electron chi connectivity index (χ3n) is 5.46. The summed E-state index contributed by atoms with van der Waals surface area (Å²) in [6.07, 6.45) is 4.39. The van der Waals surface area contributed by atoms with Crippen LogP contribution in [0.25, 0.3) is 11.3 Å². The van der Waals surface area contributed by atoms with Gasteiger partial charge in [-0.1, -0.05) is 30.3 Å². The molecule has 2 aliphatic rings. The number of likely N-dealkylation sites (tertiary alicyclic amines) is 1. The van der Waals surface area contributed by atoms with Crippen LogP contribution in [0.1, 0.15) is 18.4 Å². The third-order valence-corrected chi connectivity index (χ3v) is 5.46. The Hall–Kier alpha value is -2.18. The number of rotatable bonds is 5. The Morgan fingerprint density at radius 3 is 2.42 bits per heavy atom. The van der Waals surface area contributed by atoms with Crippen molar-refractivity contribution in [1.82, 2.24) is 24.9 Å². The lowest BCUT2D eigenvalue weighted by Gasteiger charge is -2.35. The zero-order valence-corrected chi connectivity index (χ0v) is 15.2. The lowest BCUT2D eigenvalue weighted by atomic mass is 10.1. The van der Waals surface area contributed by atoms with Crippen LogP contribution in [0.2, 0.25) is 0 Å². The first-order chi connectivity index (χ1) is 12.8. The van der Waals surface area contributed by atoms with Crippen molar-refractivity contribution in [1.29, 1.82) is 0 Å². The van der Waals surface area contributed by atoms with Crippen molar-refractivity contribution in [3.05, 3.63) is 42.1 Å². The maximum absolute atomic E-state index is 12.5. The van der Waals surface area contributed by atoms with Crippen LogP contribution < -0.4 is 0 Å². The van der Waals surface area contributed by atoms with Crippen LogP contribution in [-0.2, 0) is 11.3 Å². The Morgan fingerprint density at radius 2 is 1.69 bits per heavy atom. The third kappa shape index (κ3) is 3.97. The van der Waals surface area contributed by atoms with Crippen molar-refractivity contribution >= 4 is 5.91 Å². The Kier molecular flexibility index (Phi) is 5.32. The number of aromatic amines is 1. The number of hydrogen-bond acceptors (Lipinski definition) is 4. The minimum atomic E-state index is 0.292. The molecule has 6 nitrogen and oxygen atoms in total. The molecule has 4 rings (SSSR count). The van der Waals surface area contributed by atoms with E-state index in [1.807, 2.05) is 29.3 Å². The van der Waals surface area contributed by atoms with E-state index in [4.69, 9.17) is 0 Å². The highest BCUT2D eigenvalue weighted by Crippen LogP contribution is 2.22. The second kappa shape index (κ2) is 8.01. The number of H-pyrrole nitrogens is 1. The van der Waals surface area contributed by atoms with E-state index in [0.717, 1.165) is 51.5 Å². The molecule has 0 atom stereocenters. The molecule has 2 aromatic rings. The van der Waals surface area contributed by atoms with Gasteiger partial charge in [-0.05, 0) is 31.5 Å². The summed E-state index contributed by atoms with van der Waals surface area (Å²) in [6, 6.07) is 10.3. The van der Waals surface area contributed by atoms with Gasteiger partial charge in [-0.2, -0.15) is 5.10 Å². The number of carbonyl (C=O) groups is 1. The van der Waals surface area contributed by atoms with E-state index in [9.17, 15) is 4.79 Å². The molecule has 3 heterocycles. The van der Waals surface area contributed by atoms with Crippen LogP contribution in [0, 0.1) is 0 Å². The summed E-state index contributed by atoms with van der Waals surface area (Å²) >= 11 is 0. The lowest BCUT2D eigenvalue weighted by molar-refractivity contribution is -0.134. The normalized spacial score (nSPS) is 19.2. The number of benzene rings is 1. The zero-order valence-electron chi connectivity index (χ0n) is 15.2. The van der Waals surface area contributed by atoms with E-state index < -0.39 is 0 Å². The van der Waals surface area contributed by atoms with Crippen molar-refractivity contribution in [3.8, 4) is 11.3 Å². The highest BCUT2D eigenvalue weighted by molar-refractivity contribution is 5.78. The van der Waals surface area contributed by atoms with Gasteiger partial charge in [-0.15, -0.1) is 0 Å². The number of piperazine rings is 1. The maximum atomic E-state index is 12.5. The number of hydrogen-bond donors (Lipinski definition) is 1. The first-order valence-corrected chi connectivity index (χ1v) is 9.60.